The molecular weight excluding hydrogens is 287 g/mol. The van der Waals surface area contributed by atoms with Gasteiger partial charge in [0.1, 0.15) is 17.5 Å². The summed E-state index contributed by atoms with van der Waals surface area (Å²) in [7, 11) is 1.64. The van der Waals surface area contributed by atoms with E-state index in [1.807, 2.05) is 0 Å². The number of hydrogen-bond acceptors (Lipinski definition) is 1. The molecule has 0 aliphatic rings. The van der Waals surface area contributed by atoms with Gasteiger partial charge in [-0.3, -0.25) is 0 Å². The van der Waals surface area contributed by atoms with Crippen LogP contribution in [0.15, 0.2) is 30.3 Å². The second-order valence-corrected chi connectivity index (χ2v) is 4.93. The molecule has 106 valence electrons. The van der Waals surface area contributed by atoms with Crippen LogP contribution in [0.4, 0.5) is 13.2 Å². The Hall–Kier alpha value is -1.52. The van der Waals surface area contributed by atoms with Gasteiger partial charge in [0, 0.05) is 11.6 Å². The third kappa shape index (κ3) is 2.81. The molecule has 0 radical (unpaired) electrons. The summed E-state index contributed by atoms with van der Waals surface area (Å²) in [5.41, 5.74) is 1.23. The zero-order valence-electron chi connectivity index (χ0n) is 11.0. The van der Waals surface area contributed by atoms with Crippen LogP contribution in [0.3, 0.4) is 0 Å². The van der Waals surface area contributed by atoms with Crippen molar-refractivity contribution < 1.29 is 13.2 Å². The van der Waals surface area contributed by atoms with Crippen molar-refractivity contribution in [2.75, 3.05) is 7.05 Å². The lowest BCUT2D eigenvalue weighted by atomic mass is 9.96. The molecule has 0 aliphatic carbocycles. The molecule has 2 aromatic carbocycles. The molecule has 0 saturated carbocycles. The van der Waals surface area contributed by atoms with Gasteiger partial charge < -0.3 is 5.32 Å². The maximum atomic E-state index is 13.9. The van der Waals surface area contributed by atoms with Gasteiger partial charge in [0.05, 0.1) is 11.1 Å². The highest BCUT2D eigenvalue weighted by Gasteiger charge is 2.19. The summed E-state index contributed by atoms with van der Waals surface area (Å²) in [5.74, 6) is -1.80. The van der Waals surface area contributed by atoms with Crippen molar-refractivity contribution in [1.29, 1.82) is 0 Å². The van der Waals surface area contributed by atoms with Crippen LogP contribution in [-0.2, 0) is 0 Å². The average Bonchev–Trinajstić information content (AvgIpc) is 2.40. The maximum Gasteiger partial charge on any atom is 0.141 e. The normalized spacial score (nSPS) is 12.5. The van der Waals surface area contributed by atoms with Crippen LogP contribution in [0.25, 0.3) is 0 Å². The molecule has 2 aromatic rings. The van der Waals surface area contributed by atoms with Gasteiger partial charge >= 0.3 is 0 Å². The summed E-state index contributed by atoms with van der Waals surface area (Å²) in [4.78, 5) is 0. The maximum absolute atomic E-state index is 13.9. The van der Waals surface area contributed by atoms with Crippen molar-refractivity contribution >= 4 is 11.6 Å². The zero-order chi connectivity index (χ0) is 14.9. The van der Waals surface area contributed by atoms with Gasteiger partial charge in [-0.05, 0) is 43.3 Å². The van der Waals surface area contributed by atoms with Crippen LogP contribution in [0, 0.1) is 24.4 Å². The topological polar surface area (TPSA) is 12.0 Å². The fraction of sp³-hybridized carbons (Fsp3) is 0.200. The van der Waals surface area contributed by atoms with Crippen molar-refractivity contribution in [2.24, 2.45) is 0 Å². The predicted octanol–water partition coefficient (Wildman–Crippen LogP) is 4.37. The number of aryl methyl sites for hydroxylation is 1. The number of rotatable bonds is 3. The van der Waals surface area contributed by atoms with Crippen molar-refractivity contribution in [3.05, 3.63) is 69.5 Å². The number of halogens is 4. The average molecular weight is 300 g/mol. The molecule has 0 aromatic heterocycles. The van der Waals surface area contributed by atoms with Crippen LogP contribution in [0.1, 0.15) is 22.7 Å². The van der Waals surface area contributed by atoms with E-state index in [9.17, 15) is 13.2 Å². The number of nitrogens with one attached hydrogen (secondary N) is 1. The fourth-order valence-corrected chi connectivity index (χ4v) is 2.28. The van der Waals surface area contributed by atoms with Crippen LogP contribution in [0.2, 0.25) is 5.02 Å². The van der Waals surface area contributed by atoms with Crippen LogP contribution >= 0.6 is 11.6 Å². The molecule has 0 spiro atoms. The van der Waals surface area contributed by atoms with E-state index < -0.39 is 23.5 Å². The summed E-state index contributed by atoms with van der Waals surface area (Å²) < 4.78 is 40.5. The van der Waals surface area contributed by atoms with E-state index in [1.165, 1.54) is 24.3 Å². The summed E-state index contributed by atoms with van der Waals surface area (Å²) in [6.45, 7) is 1.56. The first-order valence-electron chi connectivity index (χ1n) is 6.01. The van der Waals surface area contributed by atoms with Crippen LogP contribution < -0.4 is 5.32 Å². The largest absolute Gasteiger partial charge is 0.309 e. The third-order valence-corrected chi connectivity index (χ3v) is 3.44. The van der Waals surface area contributed by atoms with E-state index in [1.54, 1.807) is 14.0 Å². The smallest absolute Gasteiger partial charge is 0.141 e. The highest BCUT2D eigenvalue weighted by atomic mass is 35.5. The van der Waals surface area contributed by atoms with Gasteiger partial charge in [0.25, 0.3) is 0 Å². The lowest BCUT2D eigenvalue weighted by Gasteiger charge is -2.19. The van der Waals surface area contributed by atoms with E-state index >= 15 is 0 Å². The molecule has 0 amide bonds. The summed E-state index contributed by atoms with van der Waals surface area (Å²) >= 11 is 5.74. The first kappa shape index (κ1) is 14.9. The highest BCUT2D eigenvalue weighted by molar-refractivity contribution is 6.30. The van der Waals surface area contributed by atoms with Crippen molar-refractivity contribution in [3.8, 4) is 0 Å². The van der Waals surface area contributed by atoms with Crippen molar-refractivity contribution in [2.45, 2.75) is 13.0 Å². The number of benzene rings is 2. The molecule has 0 aliphatic heterocycles. The molecule has 20 heavy (non-hydrogen) atoms. The molecule has 1 atom stereocenters. The SMILES string of the molecule is CNC(c1ccc(F)c(Cl)c1)c1cc(C)c(F)cc1F. The van der Waals surface area contributed by atoms with Crippen molar-refractivity contribution in [1.82, 2.24) is 5.32 Å². The quantitative estimate of drug-likeness (QED) is 0.887. The Morgan fingerprint density at radius 2 is 1.70 bits per heavy atom. The molecule has 0 heterocycles. The van der Waals surface area contributed by atoms with Gasteiger partial charge in [-0.15, -0.1) is 0 Å². The van der Waals surface area contributed by atoms with Gasteiger partial charge in [0.2, 0.25) is 0 Å². The predicted molar refractivity (Wildman–Crippen MR) is 73.4 cm³/mol. The van der Waals surface area contributed by atoms with E-state index in [0.717, 1.165) is 6.07 Å². The second kappa shape index (κ2) is 5.85. The van der Waals surface area contributed by atoms with Gasteiger partial charge in [-0.2, -0.15) is 0 Å². The Bertz CT molecular complexity index is 643. The van der Waals surface area contributed by atoms with E-state index in [4.69, 9.17) is 11.6 Å². The summed E-state index contributed by atoms with van der Waals surface area (Å²) in [6.07, 6.45) is 0. The van der Waals surface area contributed by atoms with E-state index in [0.29, 0.717) is 11.1 Å². The fourth-order valence-electron chi connectivity index (χ4n) is 2.09. The minimum atomic E-state index is -0.659. The van der Waals surface area contributed by atoms with Crippen molar-refractivity contribution in [3.63, 3.8) is 0 Å². The Morgan fingerprint density at radius 3 is 2.30 bits per heavy atom. The molecule has 1 nitrogen and oxygen atoms in total. The lowest BCUT2D eigenvalue weighted by Crippen LogP contribution is -2.19. The standard InChI is InChI=1S/C15H13ClF3N/c1-8-5-10(14(19)7-13(8)18)15(20-2)9-3-4-12(17)11(16)6-9/h3-7,15,20H,1-2H3. The van der Waals surface area contributed by atoms with Gasteiger partial charge in [0.15, 0.2) is 0 Å². The minimum Gasteiger partial charge on any atom is -0.309 e. The van der Waals surface area contributed by atoms with E-state index in [2.05, 4.69) is 5.32 Å². The molecule has 0 fully saturated rings. The van der Waals surface area contributed by atoms with Crippen LogP contribution in [0.5, 0.6) is 0 Å². The highest BCUT2D eigenvalue weighted by Crippen LogP contribution is 2.28. The molecule has 0 saturated heterocycles. The number of hydrogen-bond donors (Lipinski definition) is 1. The van der Waals surface area contributed by atoms with Crippen LogP contribution in [-0.4, -0.2) is 7.05 Å². The molecule has 5 heteroatoms. The lowest BCUT2D eigenvalue weighted by molar-refractivity contribution is 0.547. The Kier molecular flexibility index (Phi) is 4.35. The summed E-state index contributed by atoms with van der Waals surface area (Å²) in [5, 5.41) is 2.89. The first-order valence-corrected chi connectivity index (χ1v) is 6.39. The summed E-state index contributed by atoms with van der Waals surface area (Å²) in [6, 6.07) is 5.91. The molecule has 1 unspecified atom stereocenters. The van der Waals surface area contributed by atoms with E-state index in [-0.39, 0.29) is 10.6 Å². The zero-order valence-corrected chi connectivity index (χ0v) is 11.7. The molecule has 0 bridgehead atoms. The Labute approximate surface area is 120 Å². The monoisotopic (exact) mass is 299 g/mol. The molecule has 1 N–H and O–H groups in total. The third-order valence-electron chi connectivity index (χ3n) is 3.15. The Morgan fingerprint density at radius 1 is 1.00 bits per heavy atom. The molecular formula is C15H13ClF3N. The Balaban J connectivity index is 2.52. The second-order valence-electron chi connectivity index (χ2n) is 4.52. The molecule has 2 rings (SSSR count). The minimum absolute atomic E-state index is 0.0398. The first-order chi connectivity index (χ1) is 9.43. The van der Waals surface area contributed by atoms with Gasteiger partial charge in [-0.25, -0.2) is 13.2 Å². The van der Waals surface area contributed by atoms with Gasteiger partial charge in [-0.1, -0.05) is 17.7 Å².